The number of hydrogen-bond donors (Lipinski definition) is 2. The van der Waals surface area contributed by atoms with Gasteiger partial charge in [0.1, 0.15) is 17.6 Å². The van der Waals surface area contributed by atoms with Gasteiger partial charge in [-0.2, -0.15) is 0 Å². The van der Waals surface area contributed by atoms with E-state index in [1.54, 1.807) is 7.11 Å². The maximum atomic E-state index is 12.4. The van der Waals surface area contributed by atoms with E-state index in [4.69, 9.17) is 15.2 Å². The zero-order valence-electron chi connectivity index (χ0n) is 14.3. The van der Waals surface area contributed by atoms with Crippen LogP contribution in [0.25, 0.3) is 0 Å². The molecule has 1 amide bonds. The summed E-state index contributed by atoms with van der Waals surface area (Å²) in [6.45, 7) is 4.37. The van der Waals surface area contributed by atoms with Crippen LogP contribution in [-0.2, 0) is 4.79 Å². The van der Waals surface area contributed by atoms with E-state index in [1.807, 2.05) is 38.1 Å². The summed E-state index contributed by atoms with van der Waals surface area (Å²) in [5.74, 6) is 1.41. The van der Waals surface area contributed by atoms with Crippen molar-refractivity contribution >= 4 is 5.91 Å². The fourth-order valence-electron chi connectivity index (χ4n) is 3.10. The van der Waals surface area contributed by atoms with Crippen molar-refractivity contribution in [3.63, 3.8) is 0 Å². The number of nitrogens with two attached hydrogens (primary N) is 1. The fourth-order valence-corrected chi connectivity index (χ4v) is 3.10. The highest BCUT2D eigenvalue weighted by molar-refractivity contribution is 5.80. The van der Waals surface area contributed by atoms with Crippen LogP contribution in [0.2, 0.25) is 0 Å². The molecule has 3 atom stereocenters. The molecule has 3 unspecified atom stereocenters. The van der Waals surface area contributed by atoms with Gasteiger partial charge in [0.05, 0.1) is 19.6 Å². The zero-order chi connectivity index (χ0) is 16.9. The second-order valence-electron chi connectivity index (χ2n) is 6.66. The lowest BCUT2D eigenvalue weighted by molar-refractivity contribution is -0.128. The van der Waals surface area contributed by atoms with Crippen LogP contribution in [0.3, 0.4) is 0 Å². The van der Waals surface area contributed by atoms with Crippen molar-refractivity contribution in [2.75, 3.05) is 13.7 Å². The normalized spacial score (nSPS) is 25.5. The first-order chi connectivity index (χ1) is 10.9. The van der Waals surface area contributed by atoms with Crippen LogP contribution in [0, 0.1) is 5.92 Å². The van der Waals surface area contributed by atoms with Gasteiger partial charge in [0, 0.05) is 11.6 Å². The number of carbonyl (C=O) groups is 1. The Morgan fingerprint density at radius 2 is 2.17 bits per heavy atom. The molecule has 23 heavy (non-hydrogen) atoms. The number of amides is 1. The summed E-state index contributed by atoms with van der Waals surface area (Å²) in [4.78, 5) is 12.4. The molecule has 0 aromatic heterocycles. The predicted octanol–water partition coefficient (Wildman–Crippen LogP) is 2.49. The summed E-state index contributed by atoms with van der Waals surface area (Å²) in [7, 11) is 1.62. The molecule has 0 aliphatic heterocycles. The molecule has 0 heterocycles. The molecule has 1 fully saturated rings. The average molecular weight is 320 g/mol. The summed E-state index contributed by atoms with van der Waals surface area (Å²) in [6, 6.07) is 7.45. The van der Waals surface area contributed by atoms with Crippen molar-refractivity contribution in [1.29, 1.82) is 0 Å². The third-order valence-electron chi connectivity index (χ3n) is 4.51. The van der Waals surface area contributed by atoms with Crippen LogP contribution in [-0.4, -0.2) is 31.2 Å². The number of hydrogen-bond acceptors (Lipinski definition) is 4. The number of ether oxygens (including phenoxy) is 2. The molecular formula is C18H28N2O3. The Balaban J connectivity index is 1.83. The number of nitrogens with one attached hydrogen (secondary N) is 1. The van der Waals surface area contributed by atoms with Crippen molar-refractivity contribution in [3.8, 4) is 11.5 Å². The smallest absolute Gasteiger partial charge is 0.225 e. The molecule has 3 N–H and O–H groups in total. The third-order valence-corrected chi connectivity index (χ3v) is 4.51. The van der Waals surface area contributed by atoms with Gasteiger partial charge >= 0.3 is 0 Å². The Morgan fingerprint density at radius 1 is 1.43 bits per heavy atom. The van der Waals surface area contributed by atoms with Crippen molar-refractivity contribution in [1.82, 2.24) is 5.32 Å². The van der Waals surface area contributed by atoms with E-state index in [0.717, 1.165) is 37.2 Å². The summed E-state index contributed by atoms with van der Waals surface area (Å²) in [5.41, 5.74) is 5.88. The average Bonchev–Trinajstić information content (AvgIpc) is 2.52. The van der Waals surface area contributed by atoms with Crippen molar-refractivity contribution in [3.05, 3.63) is 24.3 Å². The second-order valence-corrected chi connectivity index (χ2v) is 6.66. The van der Waals surface area contributed by atoms with Crippen molar-refractivity contribution in [2.45, 2.75) is 51.2 Å². The highest BCUT2D eigenvalue weighted by Crippen LogP contribution is 2.31. The van der Waals surface area contributed by atoms with Gasteiger partial charge < -0.3 is 20.5 Å². The zero-order valence-corrected chi connectivity index (χ0v) is 14.3. The van der Waals surface area contributed by atoms with E-state index in [2.05, 4.69) is 5.32 Å². The van der Waals surface area contributed by atoms with Gasteiger partial charge in [-0.05, 0) is 38.8 Å². The molecule has 2 rings (SSSR count). The number of benzene rings is 1. The summed E-state index contributed by atoms with van der Waals surface area (Å²) in [5, 5.41) is 2.98. The summed E-state index contributed by atoms with van der Waals surface area (Å²) >= 11 is 0. The van der Waals surface area contributed by atoms with Crippen LogP contribution in [0.15, 0.2) is 24.3 Å². The van der Waals surface area contributed by atoms with Crippen LogP contribution in [0.1, 0.15) is 39.5 Å². The van der Waals surface area contributed by atoms with Crippen LogP contribution >= 0.6 is 0 Å². The maximum Gasteiger partial charge on any atom is 0.225 e. The van der Waals surface area contributed by atoms with E-state index in [-0.39, 0.29) is 17.9 Å². The lowest BCUT2D eigenvalue weighted by Crippen LogP contribution is -2.53. The largest absolute Gasteiger partial charge is 0.497 e. The Bertz CT molecular complexity index is 531. The summed E-state index contributed by atoms with van der Waals surface area (Å²) in [6.07, 6.45) is 3.82. The molecule has 1 aliphatic carbocycles. The molecule has 5 heteroatoms. The van der Waals surface area contributed by atoms with Gasteiger partial charge in [-0.25, -0.2) is 0 Å². The standard InChI is InChI=1S/C18H28N2O3/c1-13(23-15-8-6-7-14(11-15)22-3)12-20-17(21)16-9-4-5-10-18(16,2)19/h6-8,11,13,16H,4-5,9-10,12,19H2,1-3H3,(H,20,21). The van der Waals surface area contributed by atoms with Gasteiger partial charge in [0.15, 0.2) is 0 Å². The molecule has 1 aromatic carbocycles. The minimum atomic E-state index is -0.404. The van der Waals surface area contributed by atoms with Gasteiger partial charge in [-0.15, -0.1) is 0 Å². The van der Waals surface area contributed by atoms with Crippen LogP contribution in [0.4, 0.5) is 0 Å². The van der Waals surface area contributed by atoms with E-state index >= 15 is 0 Å². The molecule has 1 aromatic rings. The predicted molar refractivity (Wildman–Crippen MR) is 90.6 cm³/mol. The first-order valence-corrected chi connectivity index (χ1v) is 8.29. The first-order valence-electron chi connectivity index (χ1n) is 8.29. The van der Waals surface area contributed by atoms with E-state index in [9.17, 15) is 4.79 Å². The fraction of sp³-hybridized carbons (Fsp3) is 0.611. The highest BCUT2D eigenvalue weighted by Gasteiger charge is 2.37. The molecule has 0 radical (unpaired) electrons. The highest BCUT2D eigenvalue weighted by atomic mass is 16.5. The van der Waals surface area contributed by atoms with E-state index in [0.29, 0.717) is 6.54 Å². The number of rotatable bonds is 6. The van der Waals surface area contributed by atoms with Crippen LogP contribution in [0.5, 0.6) is 11.5 Å². The van der Waals surface area contributed by atoms with E-state index in [1.165, 1.54) is 0 Å². The Labute approximate surface area is 138 Å². The topological polar surface area (TPSA) is 73.6 Å². The summed E-state index contributed by atoms with van der Waals surface area (Å²) < 4.78 is 11.0. The van der Waals surface area contributed by atoms with Crippen molar-refractivity contribution < 1.29 is 14.3 Å². The maximum absolute atomic E-state index is 12.4. The van der Waals surface area contributed by atoms with Gasteiger partial charge in [0.2, 0.25) is 5.91 Å². The molecule has 1 saturated carbocycles. The molecule has 0 saturated heterocycles. The van der Waals surface area contributed by atoms with Crippen molar-refractivity contribution in [2.24, 2.45) is 11.7 Å². The third kappa shape index (κ3) is 4.86. The lowest BCUT2D eigenvalue weighted by Gasteiger charge is -2.37. The monoisotopic (exact) mass is 320 g/mol. The van der Waals surface area contributed by atoms with Gasteiger partial charge in [0.25, 0.3) is 0 Å². The molecule has 128 valence electrons. The minimum Gasteiger partial charge on any atom is -0.497 e. The lowest BCUT2D eigenvalue weighted by atomic mass is 9.74. The Kier molecular flexibility index (Phi) is 5.88. The molecule has 5 nitrogen and oxygen atoms in total. The minimum absolute atomic E-state index is 0.0378. The number of carbonyl (C=O) groups excluding carboxylic acids is 1. The molecule has 0 bridgehead atoms. The van der Waals surface area contributed by atoms with Gasteiger partial charge in [-0.1, -0.05) is 18.9 Å². The van der Waals surface area contributed by atoms with E-state index < -0.39 is 5.54 Å². The Morgan fingerprint density at radius 3 is 2.87 bits per heavy atom. The SMILES string of the molecule is COc1cccc(OC(C)CNC(=O)C2CCCCC2(C)N)c1. The van der Waals surface area contributed by atoms with Crippen LogP contribution < -0.4 is 20.5 Å². The van der Waals surface area contributed by atoms with Gasteiger partial charge in [-0.3, -0.25) is 4.79 Å². The molecule has 1 aliphatic rings. The second kappa shape index (κ2) is 7.68. The molecule has 0 spiro atoms. The quantitative estimate of drug-likeness (QED) is 0.844. The molecular weight excluding hydrogens is 292 g/mol. The number of methoxy groups -OCH3 is 1. The Hall–Kier alpha value is -1.75. The first kappa shape index (κ1) is 17.6.